The maximum absolute atomic E-state index is 5.01. The fraction of sp³-hybridized carbons (Fsp3) is 0.462. The number of nitrogens with one attached hydrogen (secondary N) is 1. The Hall–Kier alpha value is -0.890. The summed E-state index contributed by atoms with van der Waals surface area (Å²) in [4.78, 5) is 0.823. The summed E-state index contributed by atoms with van der Waals surface area (Å²) in [7, 11) is 0. The molecule has 2 rings (SSSR count). The second kappa shape index (κ2) is 4.75. The van der Waals surface area contributed by atoms with E-state index in [1.165, 1.54) is 31.2 Å². The number of rotatable bonds is 2. The third-order valence-electron chi connectivity index (χ3n) is 3.06. The van der Waals surface area contributed by atoms with E-state index in [9.17, 15) is 0 Å². The molecule has 0 radical (unpaired) electrons. The van der Waals surface area contributed by atoms with Crippen molar-refractivity contribution in [1.82, 2.24) is 0 Å². The molecule has 1 aromatic rings. The summed E-state index contributed by atoms with van der Waals surface area (Å²) in [6, 6.07) is 8.72. The van der Waals surface area contributed by atoms with Gasteiger partial charge in [0.1, 0.15) is 0 Å². The van der Waals surface area contributed by atoms with Crippen LogP contribution in [-0.4, -0.2) is 4.99 Å². The molecule has 0 aliphatic heterocycles. The lowest BCUT2D eigenvalue weighted by atomic mass is 9.98. The van der Waals surface area contributed by atoms with E-state index in [2.05, 4.69) is 29.6 Å². The number of hydrogen-bond donors (Lipinski definition) is 1. The number of benzene rings is 1. The van der Waals surface area contributed by atoms with Crippen LogP contribution in [0.15, 0.2) is 24.3 Å². The first-order valence-electron chi connectivity index (χ1n) is 5.63. The molecule has 1 saturated carbocycles. The van der Waals surface area contributed by atoms with E-state index in [4.69, 9.17) is 12.2 Å². The van der Waals surface area contributed by atoms with Gasteiger partial charge in [0.2, 0.25) is 0 Å². The summed E-state index contributed by atoms with van der Waals surface area (Å²) in [6.45, 7) is 1.90. The molecule has 1 N–H and O–H groups in total. The molecule has 80 valence electrons. The molecule has 0 unspecified atom stereocenters. The number of anilines is 1. The van der Waals surface area contributed by atoms with Gasteiger partial charge in [-0.25, -0.2) is 0 Å². The van der Waals surface area contributed by atoms with Gasteiger partial charge in [0.25, 0.3) is 0 Å². The van der Waals surface area contributed by atoms with Crippen molar-refractivity contribution in [2.45, 2.75) is 38.5 Å². The number of hydrogen-bond acceptors (Lipinski definition) is 1. The fourth-order valence-corrected chi connectivity index (χ4v) is 2.42. The highest BCUT2D eigenvalue weighted by atomic mass is 32.1. The van der Waals surface area contributed by atoms with E-state index in [1.54, 1.807) is 0 Å². The van der Waals surface area contributed by atoms with Crippen LogP contribution in [0.1, 0.15) is 44.1 Å². The zero-order chi connectivity index (χ0) is 10.7. The Morgan fingerprint density at radius 3 is 2.33 bits per heavy atom. The highest BCUT2D eigenvalue weighted by Gasteiger charge is 2.16. The van der Waals surface area contributed by atoms with Gasteiger partial charge in [-0.05, 0) is 43.4 Å². The Morgan fingerprint density at radius 1 is 1.20 bits per heavy atom. The van der Waals surface area contributed by atoms with Crippen LogP contribution < -0.4 is 5.32 Å². The average molecular weight is 219 g/mol. The molecule has 15 heavy (non-hydrogen) atoms. The lowest BCUT2D eigenvalue weighted by Gasteiger charge is -2.10. The first-order chi connectivity index (χ1) is 7.25. The number of thiocarbonyl (C=S) groups is 1. The Bertz CT molecular complexity index is 336. The molecule has 1 aliphatic carbocycles. The Labute approximate surface area is 96.9 Å². The molecule has 1 nitrogen and oxygen atoms in total. The van der Waals surface area contributed by atoms with Gasteiger partial charge in [-0.3, -0.25) is 0 Å². The highest BCUT2D eigenvalue weighted by Crippen LogP contribution is 2.34. The van der Waals surface area contributed by atoms with Crippen molar-refractivity contribution in [3.8, 4) is 0 Å². The predicted octanol–water partition coefficient (Wildman–Crippen LogP) is 4.10. The Kier molecular flexibility index (Phi) is 3.37. The van der Waals surface area contributed by atoms with Gasteiger partial charge < -0.3 is 5.32 Å². The molecule has 0 atom stereocenters. The van der Waals surface area contributed by atoms with Gasteiger partial charge >= 0.3 is 0 Å². The standard InChI is InChI=1S/C13H17NS/c1-10(15)14-13-8-6-12(7-9-13)11-4-2-3-5-11/h6-9,11H,2-5H2,1H3,(H,14,15). The van der Waals surface area contributed by atoms with Crippen LogP contribution in [0.4, 0.5) is 5.69 Å². The molecule has 1 aromatic carbocycles. The minimum absolute atomic E-state index is 0.799. The van der Waals surface area contributed by atoms with E-state index in [0.717, 1.165) is 16.6 Å². The van der Waals surface area contributed by atoms with Crippen LogP contribution in [0.3, 0.4) is 0 Å². The Morgan fingerprint density at radius 2 is 1.80 bits per heavy atom. The molecule has 0 spiro atoms. The minimum atomic E-state index is 0.799. The first kappa shape index (κ1) is 10.6. The molecule has 0 saturated heterocycles. The molecule has 0 amide bonds. The molecule has 0 bridgehead atoms. The highest BCUT2D eigenvalue weighted by molar-refractivity contribution is 7.80. The van der Waals surface area contributed by atoms with Crippen LogP contribution in [0.5, 0.6) is 0 Å². The lowest BCUT2D eigenvalue weighted by Crippen LogP contribution is -2.03. The van der Waals surface area contributed by atoms with Crippen molar-refractivity contribution in [2.24, 2.45) is 0 Å². The summed E-state index contributed by atoms with van der Waals surface area (Å²) in [5.74, 6) is 0.799. The van der Waals surface area contributed by atoms with E-state index >= 15 is 0 Å². The molecule has 2 heteroatoms. The van der Waals surface area contributed by atoms with Crippen molar-refractivity contribution >= 4 is 22.9 Å². The van der Waals surface area contributed by atoms with E-state index in [0.29, 0.717) is 0 Å². The maximum Gasteiger partial charge on any atom is 0.0765 e. The summed E-state index contributed by atoms with van der Waals surface area (Å²) >= 11 is 5.01. The SMILES string of the molecule is CC(=S)Nc1ccc(C2CCCC2)cc1. The smallest absolute Gasteiger partial charge is 0.0765 e. The van der Waals surface area contributed by atoms with Gasteiger partial charge in [0, 0.05) is 5.69 Å². The topological polar surface area (TPSA) is 12.0 Å². The average Bonchev–Trinajstić information content (AvgIpc) is 2.71. The van der Waals surface area contributed by atoms with E-state index in [1.807, 2.05) is 6.92 Å². The van der Waals surface area contributed by atoms with Gasteiger partial charge in [-0.2, -0.15) is 0 Å². The van der Waals surface area contributed by atoms with Crippen LogP contribution in [0.2, 0.25) is 0 Å². The normalized spacial score (nSPS) is 16.6. The van der Waals surface area contributed by atoms with Crippen molar-refractivity contribution in [3.05, 3.63) is 29.8 Å². The lowest BCUT2D eigenvalue weighted by molar-refractivity contribution is 0.723. The van der Waals surface area contributed by atoms with E-state index in [-0.39, 0.29) is 0 Å². The molecular weight excluding hydrogens is 202 g/mol. The van der Waals surface area contributed by atoms with Crippen molar-refractivity contribution < 1.29 is 0 Å². The van der Waals surface area contributed by atoms with Crippen LogP contribution in [0.25, 0.3) is 0 Å². The largest absolute Gasteiger partial charge is 0.350 e. The monoisotopic (exact) mass is 219 g/mol. The second-order valence-corrected chi connectivity index (χ2v) is 4.90. The van der Waals surface area contributed by atoms with Gasteiger partial charge in [0.15, 0.2) is 0 Å². The maximum atomic E-state index is 5.01. The Balaban J connectivity index is 2.06. The third kappa shape index (κ3) is 2.78. The van der Waals surface area contributed by atoms with Crippen LogP contribution in [0, 0.1) is 0 Å². The van der Waals surface area contributed by atoms with E-state index < -0.39 is 0 Å². The van der Waals surface area contributed by atoms with Crippen molar-refractivity contribution in [3.63, 3.8) is 0 Å². The predicted molar refractivity (Wildman–Crippen MR) is 69.5 cm³/mol. The molecule has 0 aromatic heterocycles. The summed E-state index contributed by atoms with van der Waals surface area (Å²) < 4.78 is 0. The zero-order valence-corrected chi connectivity index (χ0v) is 9.94. The summed E-state index contributed by atoms with van der Waals surface area (Å²) in [5, 5.41) is 3.15. The van der Waals surface area contributed by atoms with Gasteiger partial charge in [-0.15, -0.1) is 0 Å². The van der Waals surface area contributed by atoms with Crippen LogP contribution in [-0.2, 0) is 0 Å². The molecule has 0 heterocycles. The van der Waals surface area contributed by atoms with Crippen molar-refractivity contribution in [2.75, 3.05) is 5.32 Å². The zero-order valence-electron chi connectivity index (χ0n) is 9.12. The molecular formula is C13H17NS. The van der Waals surface area contributed by atoms with Gasteiger partial charge in [-0.1, -0.05) is 37.2 Å². The van der Waals surface area contributed by atoms with Crippen molar-refractivity contribution in [1.29, 1.82) is 0 Å². The third-order valence-corrected chi connectivity index (χ3v) is 3.16. The first-order valence-corrected chi connectivity index (χ1v) is 6.04. The summed E-state index contributed by atoms with van der Waals surface area (Å²) in [5.41, 5.74) is 2.59. The fourth-order valence-electron chi connectivity index (χ4n) is 2.30. The van der Waals surface area contributed by atoms with Crippen LogP contribution >= 0.6 is 12.2 Å². The molecule has 1 fully saturated rings. The quantitative estimate of drug-likeness (QED) is 0.751. The van der Waals surface area contributed by atoms with Gasteiger partial charge in [0.05, 0.1) is 4.99 Å². The summed E-state index contributed by atoms with van der Waals surface area (Å²) in [6.07, 6.45) is 5.51. The minimum Gasteiger partial charge on any atom is -0.350 e. The second-order valence-electron chi connectivity index (χ2n) is 4.28. The molecule has 1 aliphatic rings.